The van der Waals surface area contributed by atoms with E-state index in [-0.39, 0.29) is 33.8 Å². The van der Waals surface area contributed by atoms with Gasteiger partial charge in [0.1, 0.15) is 0 Å². The van der Waals surface area contributed by atoms with Crippen LogP contribution in [-0.4, -0.2) is 6.71 Å². The summed E-state index contributed by atoms with van der Waals surface area (Å²) >= 11 is 3.78. The fraction of sp³-hybridized carbons (Fsp3) is 0.217. The molecule has 0 atom stereocenters. The molecule has 0 aliphatic carbocycles. The minimum Gasteiger partial charge on any atom is -0.311 e. The Morgan fingerprint density at radius 3 is 1.00 bits per heavy atom. The number of fused-ring (bicyclic) bond motifs is 10. The van der Waals surface area contributed by atoms with Crippen molar-refractivity contribution in [1.82, 2.24) is 0 Å². The first-order valence-electron chi connectivity index (χ1n) is 34.7. The van der Waals surface area contributed by atoms with E-state index in [1.165, 1.54) is 163 Å². The Kier molecular flexibility index (Phi) is 14.6. The fourth-order valence-corrected chi connectivity index (χ4v) is 17.6. The van der Waals surface area contributed by atoms with Crippen LogP contribution in [0.15, 0.2) is 243 Å². The molecule has 478 valence electrons. The molecule has 97 heavy (non-hydrogen) atoms. The summed E-state index contributed by atoms with van der Waals surface area (Å²) in [7, 11) is 0. The van der Waals surface area contributed by atoms with Crippen LogP contribution in [0.2, 0.25) is 0 Å². The third kappa shape index (κ3) is 10.7. The van der Waals surface area contributed by atoms with Crippen molar-refractivity contribution < 1.29 is 0 Å². The van der Waals surface area contributed by atoms with Gasteiger partial charge >= 0.3 is 0 Å². The average Bonchev–Trinajstić information content (AvgIpc) is 1.20. The van der Waals surface area contributed by atoms with Crippen molar-refractivity contribution in [2.45, 2.75) is 131 Å². The first-order chi connectivity index (χ1) is 46.2. The number of nitrogens with zero attached hydrogens (tertiary/aromatic N) is 2. The predicted octanol–water partition coefficient (Wildman–Crippen LogP) is 25.3. The van der Waals surface area contributed by atoms with E-state index in [4.69, 9.17) is 0 Å². The second kappa shape index (κ2) is 22.7. The van der Waals surface area contributed by atoms with E-state index in [1.807, 2.05) is 22.7 Å². The highest BCUT2D eigenvalue weighted by molar-refractivity contribution is 7.26. The van der Waals surface area contributed by atoms with Crippen molar-refractivity contribution in [3.63, 3.8) is 0 Å². The Balaban J connectivity index is 1.06. The van der Waals surface area contributed by atoms with Gasteiger partial charge in [-0.05, 0) is 176 Å². The standard InChI is InChI=1S/C92H85BN2S2/c1-88(2,3)62-42-38-56(39-43-62)59-52-79-87-80(53-59)95(76-33-21-17-27-68(76)61-48-65(91(10,11)12)55-66(49-61)92(13,14)15)78-45-41-58(70-31-25-37-84-86(70)72-29-19-23-35-82(72)97-84)51-74(78)93(87)73-50-57(69-30-24-36-83-85(69)71-28-18-22-34-81(71)96-83)40-44-77(73)94(79)75-32-20-16-26-67(75)60-46-63(89(4,5)6)54-64(47-60)90(7,8)9/h16-55H,1-15H3. The van der Waals surface area contributed by atoms with Crippen LogP contribution in [0, 0.1) is 0 Å². The maximum atomic E-state index is 2.68. The number of benzene rings is 12. The van der Waals surface area contributed by atoms with E-state index < -0.39 is 0 Å². The highest BCUT2D eigenvalue weighted by atomic mass is 32.1. The normalized spacial score (nSPS) is 13.5. The zero-order valence-electron chi connectivity index (χ0n) is 58.9. The van der Waals surface area contributed by atoms with E-state index in [2.05, 4.69) is 356 Å². The summed E-state index contributed by atoms with van der Waals surface area (Å²) in [6.07, 6.45) is 0. The number of thiophene rings is 2. The molecule has 5 heteroatoms. The summed E-state index contributed by atoms with van der Waals surface area (Å²) < 4.78 is 5.21. The van der Waals surface area contributed by atoms with Crippen LogP contribution in [0.3, 0.4) is 0 Å². The monoisotopic (exact) mass is 1290 g/mol. The maximum Gasteiger partial charge on any atom is 0.252 e. The molecule has 12 aromatic carbocycles. The number of anilines is 6. The van der Waals surface area contributed by atoms with Crippen molar-refractivity contribution in [2.24, 2.45) is 0 Å². The smallest absolute Gasteiger partial charge is 0.252 e. The molecule has 2 aliphatic heterocycles. The van der Waals surface area contributed by atoms with Gasteiger partial charge in [0.25, 0.3) is 6.71 Å². The van der Waals surface area contributed by atoms with Gasteiger partial charge in [-0.3, -0.25) is 0 Å². The molecular weight excluding hydrogens is 1210 g/mol. The minimum atomic E-state index is -0.204. The van der Waals surface area contributed by atoms with Crippen LogP contribution in [0.1, 0.15) is 132 Å². The Morgan fingerprint density at radius 2 is 0.598 bits per heavy atom. The lowest BCUT2D eigenvalue weighted by atomic mass is 9.33. The number of rotatable bonds is 7. The van der Waals surface area contributed by atoms with Gasteiger partial charge in [0.05, 0.1) is 11.4 Å². The summed E-state index contributed by atoms with van der Waals surface area (Å²) in [5.74, 6) is 0. The zero-order valence-corrected chi connectivity index (χ0v) is 60.5. The van der Waals surface area contributed by atoms with Crippen molar-refractivity contribution in [3.05, 3.63) is 270 Å². The SMILES string of the molecule is CC(C)(C)c1ccc(-c2cc3c4c(c2)N(c2ccccc2-c2cc(C(C)(C)C)cc(C(C)(C)C)c2)c2ccc(-c5cccc6sc7ccccc7c56)cc2B4c2cc(-c4cccc5sc6ccccc6c45)ccc2N3c2ccccc2-c2cc(C(C)(C)C)cc(C(C)(C)C)c2)cc1. The summed E-state index contributed by atoms with van der Waals surface area (Å²) in [4.78, 5) is 5.36. The Morgan fingerprint density at radius 1 is 0.247 bits per heavy atom. The Hall–Kier alpha value is -9.26. The molecule has 14 aromatic rings. The highest BCUT2D eigenvalue weighted by Gasteiger charge is 2.45. The molecule has 2 nitrogen and oxygen atoms in total. The first kappa shape index (κ1) is 62.5. The topological polar surface area (TPSA) is 6.48 Å². The second-order valence-electron chi connectivity index (χ2n) is 32.6. The van der Waals surface area contributed by atoms with Crippen LogP contribution in [0.5, 0.6) is 0 Å². The number of para-hydroxylation sites is 2. The van der Waals surface area contributed by atoms with Crippen molar-refractivity contribution in [1.29, 1.82) is 0 Å². The maximum absolute atomic E-state index is 2.68. The molecule has 0 N–H and O–H groups in total. The summed E-state index contributed by atoms with van der Waals surface area (Å²) in [6.45, 7) is 35.0. The molecule has 0 spiro atoms. The quantitative estimate of drug-likeness (QED) is 0.147. The lowest BCUT2D eigenvalue weighted by molar-refractivity contribution is 0.568. The van der Waals surface area contributed by atoms with Gasteiger partial charge in [0.15, 0.2) is 0 Å². The molecule has 0 amide bonds. The molecule has 0 fully saturated rings. The molecule has 4 heterocycles. The molecule has 2 aliphatic rings. The molecular formula is C92H85BN2S2. The van der Waals surface area contributed by atoms with Gasteiger partial charge in [-0.15, -0.1) is 22.7 Å². The van der Waals surface area contributed by atoms with Crippen LogP contribution >= 0.6 is 22.7 Å². The summed E-state index contributed by atoms with van der Waals surface area (Å²) in [5, 5.41) is 5.23. The molecule has 0 radical (unpaired) electrons. The van der Waals surface area contributed by atoms with Crippen molar-refractivity contribution >= 4 is 120 Å². The molecule has 16 rings (SSSR count). The van der Waals surface area contributed by atoms with Gasteiger partial charge in [-0.1, -0.05) is 286 Å². The van der Waals surface area contributed by atoms with Crippen molar-refractivity contribution in [2.75, 3.05) is 9.80 Å². The van der Waals surface area contributed by atoms with E-state index in [1.54, 1.807) is 0 Å². The van der Waals surface area contributed by atoms with Gasteiger partial charge in [0.2, 0.25) is 0 Å². The van der Waals surface area contributed by atoms with E-state index >= 15 is 0 Å². The lowest BCUT2D eigenvalue weighted by Crippen LogP contribution is -2.61. The number of hydrogen-bond acceptors (Lipinski definition) is 4. The second-order valence-corrected chi connectivity index (χ2v) is 34.8. The van der Waals surface area contributed by atoms with Gasteiger partial charge < -0.3 is 9.80 Å². The predicted molar refractivity (Wildman–Crippen MR) is 427 cm³/mol. The fourth-order valence-electron chi connectivity index (χ4n) is 15.3. The third-order valence-corrected chi connectivity index (χ3v) is 23.1. The van der Waals surface area contributed by atoms with E-state index in [0.717, 1.165) is 11.4 Å². The van der Waals surface area contributed by atoms with Crippen molar-refractivity contribution in [3.8, 4) is 55.6 Å². The molecule has 0 saturated heterocycles. The first-order valence-corrected chi connectivity index (χ1v) is 36.4. The molecule has 0 saturated carbocycles. The third-order valence-electron chi connectivity index (χ3n) is 20.8. The van der Waals surface area contributed by atoms with Gasteiger partial charge in [-0.2, -0.15) is 0 Å². The molecule has 0 bridgehead atoms. The van der Waals surface area contributed by atoms with Gasteiger partial charge in [-0.25, -0.2) is 0 Å². The summed E-state index contributed by atoms with van der Waals surface area (Å²) in [5.41, 5.74) is 29.2. The summed E-state index contributed by atoms with van der Waals surface area (Å²) in [6, 6.07) is 94.8. The largest absolute Gasteiger partial charge is 0.311 e. The molecule has 2 aromatic heterocycles. The Labute approximate surface area is 583 Å². The average molecular weight is 1290 g/mol. The van der Waals surface area contributed by atoms with Crippen LogP contribution in [0.4, 0.5) is 34.1 Å². The van der Waals surface area contributed by atoms with Crippen LogP contribution < -0.4 is 26.2 Å². The van der Waals surface area contributed by atoms with Crippen LogP contribution in [-0.2, 0) is 27.1 Å². The molecule has 0 unspecified atom stereocenters. The lowest BCUT2D eigenvalue weighted by Gasteiger charge is -2.45. The number of hydrogen-bond donors (Lipinski definition) is 0. The minimum absolute atomic E-state index is 0.0157. The Bertz CT molecular complexity index is 5130. The highest BCUT2D eigenvalue weighted by Crippen LogP contribution is 2.53. The van der Waals surface area contributed by atoms with Crippen LogP contribution in [0.25, 0.3) is 96.0 Å². The van der Waals surface area contributed by atoms with Gasteiger partial charge in [0, 0.05) is 74.2 Å². The van der Waals surface area contributed by atoms with E-state index in [9.17, 15) is 0 Å². The van der Waals surface area contributed by atoms with E-state index in [0.29, 0.717) is 0 Å². The zero-order chi connectivity index (χ0) is 67.4.